The van der Waals surface area contributed by atoms with Gasteiger partial charge in [0, 0.05) is 43.4 Å². The van der Waals surface area contributed by atoms with Crippen LogP contribution in [0.4, 0.5) is 0 Å². The lowest BCUT2D eigenvalue weighted by molar-refractivity contribution is 0.590. The first-order chi connectivity index (χ1) is 33.1. The van der Waals surface area contributed by atoms with Gasteiger partial charge >= 0.3 is 0 Å². The van der Waals surface area contributed by atoms with Crippen LogP contribution >= 0.6 is 0 Å². The van der Waals surface area contributed by atoms with Gasteiger partial charge in [0.2, 0.25) is 5.95 Å². The molecule has 4 heterocycles. The quantitative estimate of drug-likeness (QED) is 0.173. The van der Waals surface area contributed by atoms with E-state index < -0.39 is 0 Å². The third kappa shape index (κ3) is 6.87. The van der Waals surface area contributed by atoms with Crippen molar-refractivity contribution in [1.82, 2.24) is 28.7 Å². The van der Waals surface area contributed by atoms with Crippen LogP contribution in [-0.4, -0.2) is 28.7 Å². The summed E-state index contributed by atoms with van der Waals surface area (Å²) < 4.78 is 7.08. The standard InChI is InChI=1S/C63H56N6/c1-61(2,3)39-30-33-45-42-20-10-15-25-50(42)67(55(45)36-39)53-28-18-13-23-48(53)58-64-59(66-60(65-58)69-52-27-17-12-22-44(52)47-35-32-41(38-57(47)69)63(7,8)9)49-24-14-19-29-54(49)68-51-26-16-11-21-43(51)46-34-31-40(37-56(46)68)62(4,5)6/h10-38H,1-9H3. The summed E-state index contributed by atoms with van der Waals surface area (Å²) >= 11 is 0. The van der Waals surface area contributed by atoms with Crippen LogP contribution in [0.2, 0.25) is 0 Å². The zero-order valence-corrected chi connectivity index (χ0v) is 40.9. The molecule has 0 saturated heterocycles. The zero-order valence-electron chi connectivity index (χ0n) is 40.9. The van der Waals surface area contributed by atoms with E-state index in [0.717, 1.165) is 66.4 Å². The van der Waals surface area contributed by atoms with Crippen LogP contribution in [0.3, 0.4) is 0 Å². The highest BCUT2D eigenvalue weighted by Gasteiger charge is 2.26. The fourth-order valence-electron chi connectivity index (χ4n) is 10.5. The van der Waals surface area contributed by atoms with Gasteiger partial charge in [-0.25, -0.2) is 4.98 Å². The second-order valence-corrected chi connectivity index (χ2v) is 21.8. The van der Waals surface area contributed by atoms with Crippen LogP contribution in [0, 0.1) is 0 Å². The molecule has 6 nitrogen and oxygen atoms in total. The second kappa shape index (κ2) is 15.3. The van der Waals surface area contributed by atoms with Gasteiger partial charge in [-0.05, 0) is 93.6 Å². The molecule has 12 rings (SSSR count). The van der Waals surface area contributed by atoms with E-state index in [2.05, 4.69) is 252 Å². The molecule has 12 aromatic rings. The summed E-state index contributed by atoms with van der Waals surface area (Å²) in [6.45, 7) is 20.5. The highest BCUT2D eigenvalue weighted by atomic mass is 15.2. The summed E-state index contributed by atoms with van der Waals surface area (Å²) in [5.74, 6) is 1.74. The predicted octanol–water partition coefficient (Wildman–Crippen LogP) is 16.4. The fraction of sp³-hybridized carbons (Fsp3) is 0.190. The van der Waals surface area contributed by atoms with Crippen molar-refractivity contribution < 1.29 is 0 Å². The Balaban J connectivity index is 1.19. The van der Waals surface area contributed by atoms with Crippen molar-refractivity contribution in [3.63, 3.8) is 0 Å². The molecule has 338 valence electrons. The van der Waals surface area contributed by atoms with E-state index in [0.29, 0.717) is 17.6 Å². The average Bonchev–Trinajstić information content (AvgIpc) is 3.98. The number of para-hydroxylation sites is 5. The van der Waals surface area contributed by atoms with Gasteiger partial charge in [0.15, 0.2) is 11.6 Å². The summed E-state index contributed by atoms with van der Waals surface area (Å²) in [6, 6.07) is 64.1. The van der Waals surface area contributed by atoms with Gasteiger partial charge in [0.25, 0.3) is 0 Å². The Kier molecular flexibility index (Phi) is 9.46. The minimum Gasteiger partial charge on any atom is -0.308 e. The Morgan fingerprint density at radius 3 is 0.971 bits per heavy atom. The lowest BCUT2D eigenvalue weighted by Crippen LogP contribution is -2.12. The van der Waals surface area contributed by atoms with Crippen LogP contribution in [0.25, 0.3) is 106 Å². The maximum absolute atomic E-state index is 5.61. The molecule has 0 unspecified atom stereocenters. The zero-order chi connectivity index (χ0) is 47.6. The molecule has 0 bridgehead atoms. The van der Waals surface area contributed by atoms with Crippen LogP contribution in [0.5, 0.6) is 0 Å². The predicted molar refractivity (Wildman–Crippen MR) is 290 cm³/mol. The fourth-order valence-corrected chi connectivity index (χ4v) is 10.5. The molecule has 69 heavy (non-hydrogen) atoms. The van der Waals surface area contributed by atoms with E-state index in [-0.39, 0.29) is 16.2 Å². The molecular weight excluding hydrogens is 841 g/mol. The van der Waals surface area contributed by atoms with Crippen molar-refractivity contribution in [2.75, 3.05) is 0 Å². The van der Waals surface area contributed by atoms with Gasteiger partial charge in [-0.3, -0.25) is 4.57 Å². The molecule has 0 radical (unpaired) electrons. The molecule has 6 heteroatoms. The maximum Gasteiger partial charge on any atom is 0.238 e. The highest BCUT2D eigenvalue weighted by molar-refractivity contribution is 6.12. The van der Waals surface area contributed by atoms with Crippen LogP contribution < -0.4 is 0 Å². The van der Waals surface area contributed by atoms with Gasteiger partial charge in [-0.1, -0.05) is 178 Å². The summed E-state index contributed by atoms with van der Waals surface area (Å²) in [5, 5.41) is 7.13. The monoisotopic (exact) mass is 896 g/mol. The number of aromatic nitrogens is 6. The SMILES string of the molecule is CC(C)(C)c1ccc2c3ccccc3n(-c3nc(-c4ccccc4-n4c5ccccc5c5ccc(C(C)(C)C)cc54)nc(-c4ccccc4-n4c5ccccc5c5ccc(C(C)(C)C)cc54)n3)c2c1. The van der Waals surface area contributed by atoms with Crippen molar-refractivity contribution in [3.8, 4) is 40.1 Å². The van der Waals surface area contributed by atoms with Crippen LogP contribution in [-0.2, 0) is 16.2 Å². The largest absolute Gasteiger partial charge is 0.308 e. The minimum atomic E-state index is -0.0763. The van der Waals surface area contributed by atoms with Gasteiger partial charge in [0.05, 0.1) is 44.5 Å². The Bertz CT molecular complexity index is 3830. The van der Waals surface area contributed by atoms with Crippen LogP contribution in [0.15, 0.2) is 176 Å². The first-order valence-electron chi connectivity index (χ1n) is 24.2. The molecule has 0 N–H and O–H groups in total. The molecule has 4 aromatic heterocycles. The molecule has 8 aromatic carbocycles. The first-order valence-corrected chi connectivity index (χ1v) is 24.2. The van der Waals surface area contributed by atoms with Gasteiger partial charge in [-0.15, -0.1) is 0 Å². The Morgan fingerprint density at radius 2 is 0.594 bits per heavy atom. The van der Waals surface area contributed by atoms with E-state index in [1.807, 2.05) is 0 Å². The number of rotatable bonds is 5. The normalized spacial score (nSPS) is 12.7. The third-order valence-electron chi connectivity index (χ3n) is 14.2. The highest BCUT2D eigenvalue weighted by Crippen LogP contribution is 2.42. The van der Waals surface area contributed by atoms with E-state index in [9.17, 15) is 0 Å². The van der Waals surface area contributed by atoms with Crippen molar-refractivity contribution in [3.05, 3.63) is 193 Å². The van der Waals surface area contributed by atoms with Crippen molar-refractivity contribution in [1.29, 1.82) is 0 Å². The smallest absolute Gasteiger partial charge is 0.238 e. The lowest BCUT2D eigenvalue weighted by Gasteiger charge is -2.20. The molecule has 0 atom stereocenters. The number of hydrogen-bond acceptors (Lipinski definition) is 3. The number of fused-ring (bicyclic) bond motifs is 9. The topological polar surface area (TPSA) is 53.5 Å². The van der Waals surface area contributed by atoms with Gasteiger partial charge < -0.3 is 9.13 Å². The van der Waals surface area contributed by atoms with Gasteiger partial charge in [0.1, 0.15) is 0 Å². The van der Waals surface area contributed by atoms with E-state index in [1.54, 1.807) is 0 Å². The first kappa shape index (κ1) is 42.5. The molecule has 0 aliphatic carbocycles. The number of hydrogen-bond donors (Lipinski definition) is 0. The third-order valence-corrected chi connectivity index (χ3v) is 14.2. The molecule has 0 fully saturated rings. The Hall–Kier alpha value is -7.83. The molecule has 0 aliphatic rings. The molecular formula is C63H56N6. The summed E-state index contributed by atoms with van der Waals surface area (Å²) in [7, 11) is 0. The number of nitrogens with zero attached hydrogens (tertiary/aromatic N) is 6. The van der Waals surface area contributed by atoms with Crippen molar-refractivity contribution in [2.24, 2.45) is 0 Å². The minimum absolute atomic E-state index is 0.0414. The Morgan fingerprint density at radius 1 is 0.290 bits per heavy atom. The maximum atomic E-state index is 5.61. The summed E-state index contributed by atoms with van der Waals surface area (Å²) in [4.78, 5) is 16.8. The van der Waals surface area contributed by atoms with Crippen LogP contribution in [0.1, 0.15) is 79.0 Å². The lowest BCUT2D eigenvalue weighted by atomic mass is 9.86. The summed E-state index contributed by atoms with van der Waals surface area (Å²) in [5.41, 5.74) is 14.1. The average molecular weight is 897 g/mol. The second-order valence-electron chi connectivity index (χ2n) is 21.8. The van der Waals surface area contributed by atoms with Crippen molar-refractivity contribution >= 4 is 65.4 Å². The molecule has 0 amide bonds. The molecule has 0 aliphatic heterocycles. The van der Waals surface area contributed by atoms with E-state index in [1.165, 1.54) is 38.2 Å². The van der Waals surface area contributed by atoms with E-state index in [4.69, 9.17) is 15.0 Å². The number of benzene rings is 8. The summed E-state index contributed by atoms with van der Waals surface area (Å²) in [6.07, 6.45) is 0. The van der Waals surface area contributed by atoms with E-state index >= 15 is 0 Å². The van der Waals surface area contributed by atoms with Gasteiger partial charge in [-0.2, -0.15) is 9.97 Å². The molecule has 0 saturated carbocycles. The van der Waals surface area contributed by atoms with Crippen molar-refractivity contribution in [2.45, 2.75) is 78.6 Å². The Labute approximate surface area is 403 Å². The molecule has 0 spiro atoms.